The predicted octanol–water partition coefficient (Wildman–Crippen LogP) is 1.24. The van der Waals surface area contributed by atoms with Crippen LogP contribution in [-0.2, 0) is 17.1 Å². The highest BCUT2D eigenvalue weighted by molar-refractivity contribution is 7.92. The number of nitrogens with one attached hydrogen (secondary N) is 1. The van der Waals surface area contributed by atoms with Crippen LogP contribution in [0, 0.1) is 0 Å². The number of nitrogens with two attached hydrogens (primary N) is 1. The quantitative estimate of drug-likeness (QED) is 0.881. The van der Waals surface area contributed by atoms with Gasteiger partial charge in [-0.05, 0) is 24.6 Å². The molecule has 6 nitrogen and oxygen atoms in total. The molecular weight excluding hydrogens is 264 g/mol. The zero-order chi connectivity index (χ0) is 14.0. The molecule has 2 aromatic rings. The van der Waals surface area contributed by atoms with Gasteiger partial charge in [0.2, 0.25) is 0 Å². The Hall–Kier alpha value is -1.86. The van der Waals surface area contributed by atoms with Gasteiger partial charge in [-0.25, -0.2) is 8.42 Å². The Morgan fingerprint density at radius 1 is 1.26 bits per heavy atom. The number of benzene rings is 1. The molecule has 0 saturated heterocycles. The lowest BCUT2D eigenvalue weighted by Gasteiger charge is -2.10. The van der Waals surface area contributed by atoms with E-state index in [-0.39, 0.29) is 10.9 Å². The average molecular weight is 280 g/mol. The Kier molecular flexibility index (Phi) is 3.59. The Morgan fingerprint density at radius 3 is 2.37 bits per heavy atom. The molecule has 1 aromatic heterocycles. The molecule has 1 heterocycles. The summed E-state index contributed by atoms with van der Waals surface area (Å²) < 4.78 is 28.2. The lowest BCUT2D eigenvalue weighted by Crippen LogP contribution is -2.15. The topological polar surface area (TPSA) is 90.0 Å². The first-order valence-corrected chi connectivity index (χ1v) is 7.25. The SMILES string of the molecule is CC(N)c1ccc(S(=O)(=O)Nc2ccnn2C)cc1. The lowest BCUT2D eigenvalue weighted by atomic mass is 10.1. The predicted molar refractivity (Wildman–Crippen MR) is 73.1 cm³/mol. The van der Waals surface area contributed by atoms with Crippen molar-refractivity contribution in [3.63, 3.8) is 0 Å². The van der Waals surface area contributed by atoms with Crippen molar-refractivity contribution < 1.29 is 8.42 Å². The third-order valence-electron chi connectivity index (χ3n) is 2.78. The van der Waals surface area contributed by atoms with Gasteiger partial charge in [-0.2, -0.15) is 5.10 Å². The Morgan fingerprint density at radius 2 is 1.89 bits per heavy atom. The van der Waals surface area contributed by atoms with Gasteiger partial charge in [-0.15, -0.1) is 0 Å². The molecule has 1 atom stereocenters. The third-order valence-corrected chi connectivity index (χ3v) is 4.15. The molecular formula is C12H16N4O2S. The minimum absolute atomic E-state index is 0.123. The highest BCUT2D eigenvalue weighted by atomic mass is 32.2. The molecule has 1 aromatic carbocycles. The molecule has 0 radical (unpaired) electrons. The normalized spacial score (nSPS) is 13.2. The van der Waals surface area contributed by atoms with Crippen molar-refractivity contribution in [2.45, 2.75) is 17.9 Å². The molecule has 0 bridgehead atoms. The molecule has 102 valence electrons. The monoisotopic (exact) mass is 280 g/mol. The minimum atomic E-state index is -3.60. The number of hydrogen-bond acceptors (Lipinski definition) is 4. The van der Waals surface area contributed by atoms with Crippen molar-refractivity contribution in [2.75, 3.05) is 4.72 Å². The molecule has 3 N–H and O–H groups in total. The maximum Gasteiger partial charge on any atom is 0.263 e. The second kappa shape index (κ2) is 5.02. The smallest absolute Gasteiger partial charge is 0.263 e. The van der Waals surface area contributed by atoms with Gasteiger partial charge in [-0.1, -0.05) is 12.1 Å². The van der Waals surface area contributed by atoms with Gasteiger partial charge in [0, 0.05) is 19.2 Å². The number of aryl methyl sites for hydroxylation is 1. The van der Waals surface area contributed by atoms with E-state index in [1.54, 1.807) is 25.2 Å². The van der Waals surface area contributed by atoms with E-state index in [9.17, 15) is 8.42 Å². The Bertz CT molecular complexity index is 659. The maximum absolute atomic E-state index is 12.1. The van der Waals surface area contributed by atoms with Crippen LogP contribution in [0.25, 0.3) is 0 Å². The standard InChI is InChI=1S/C12H16N4O2S/c1-9(13)10-3-5-11(6-4-10)19(17,18)15-12-7-8-14-16(12)2/h3-9,15H,13H2,1-2H3. The van der Waals surface area contributed by atoms with Gasteiger partial charge < -0.3 is 5.73 Å². The van der Waals surface area contributed by atoms with Gasteiger partial charge in [0.05, 0.1) is 11.1 Å². The van der Waals surface area contributed by atoms with E-state index in [1.165, 1.54) is 23.0 Å². The summed E-state index contributed by atoms with van der Waals surface area (Å²) >= 11 is 0. The first-order valence-electron chi connectivity index (χ1n) is 5.76. The van der Waals surface area contributed by atoms with Gasteiger partial charge in [-0.3, -0.25) is 9.40 Å². The van der Waals surface area contributed by atoms with Crippen LogP contribution < -0.4 is 10.5 Å². The van der Waals surface area contributed by atoms with Crippen LogP contribution in [-0.4, -0.2) is 18.2 Å². The van der Waals surface area contributed by atoms with Crippen LogP contribution in [0.15, 0.2) is 41.4 Å². The van der Waals surface area contributed by atoms with Gasteiger partial charge in [0.1, 0.15) is 5.82 Å². The van der Waals surface area contributed by atoms with Crippen molar-refractivity contribution in [1.29, 1.82) is 0 Å². The zero-order valence-electron chi connectivity index (χ0n) is 10.7. The van der Waals surface area contributed by atoms with Gasteiger partial charge >= 0.3 is 0 Å². The second-order valence-electron chi connectivity index (χ2n) is 4.30. The van der Waals surface area contributed by atoms with Crippen LogP contribution in [0.4, 0.5) is 5.82 Å². The van der Waals surface area contributed by atoms with Crippen molar-refractivity contribution in [3.8, 4) is 0 Å². The molecule has 0 amide bonds. The Labute approximate surface area is 112 Å². The van der Waals surface area contributed by atoms with Gasteiger partial charge in [0.15, 0.2) is 0 Å². The highest BCUT2D eigenvalue weighted by Gasteiger charge is 2.15. The van der Waals surface area contributed by atoms with Crippen molar-refractivity contribution in [1.82, 2.24) is 9.78 Å². The van der Waals surface area contributed by atoms with E-state index in [0.29, 0.717) is 5.82 Å². The van der Waals surface area contributed by atoms with E-state index in [0.717, 1.165) is 5.56 Å². The number of sulfonamides is 1. The molecule has 1 unspecified atom stereocenters. The van der Waals surface area contributed by atoms with E-state index in [1.807, 2.05) is 6.92 Å². The molecule has 0 aliphatic rings. The number of nitrogens with zero attached hydrogens (tertiary/aromatic N) is 2. The largest absolute Gasteiger partial charge is 0.324 e. The average Bonchev–Trinajstić information content (AvgIpc) is 2.74. The van der Waals surface area contributed by atoms with Crippen LogP contribution in [0.1, 0.15) is 18.5 Å². The fraction of sp³-hybridized carbons (Fsp3) is 0.250. The van der Waals surface area contributed by atoms with Crippen LogP contribution >= 0.6 is 0 Å². The summed E-state index contributed by atoms with van der Waals surface area (Å²) in [6, 6.07) is 7.97. The van der Waals surface area contributed by atoms with Crippen LogP contribution in [0.5, 0.6) is 0 Å². The molecule has 2 rings (SSSR count). The molecule has 0 spiro atoms. The number of aromatic nitrogens is 2. The summed E-state index contributed by atoms with van der Waals surface area (Å²) in [4.78, 5) is 0.193. The van der Waals surface area contributed by atoms with Crippen LogP contribution in [0.2, 0.25) is 0 Å². The third kappa shape index (κ3) is 2.94. The lowest BCUT2D eigenvalue weighted by molar-refractivity contribution is 0.600. The fourth-order valence-electron chi connectivity index (χ4n) is 1.62. The molecule has 19 heavy (non-hydrogen) atoms. The zero-order valence-corrected chi connectivity index (χ0v) is 11.6. The van der Waals surface area contributed by atoms with Crippen molar-refractivity contribution >= 4 is 15.8 Å². The van der Waals surface area contributed by atoms with Gasteiger partial charge in [0.25, 0.3) is 10.0 Å². The molecule has 0 saturated carbocycles. The van der Waals surface area contributed by atoms with E-state index in [4.69, 9.17) is 5.73 Å². The molecule has 0 aliphatic heterocycles. The fourth-order valence-corrected chi connectivity index (χ4v) is 2.71. The molecule has 0 fully saturated rings. The van der Waals surface area contributed by atoms with E-state index >= 15 is 0 Å². The summed E-state index contributed by atoms with van der Waals surface area (Å²) in [5, 5.41) is 3.90. The maximum atomic E-state index is 12.1. The number of anilines is 1. The molecule has 7 heteroatoms. The highest BCUT2D eigenvalue weighted by Crippen LogP contribution is 2.17. The van der Waals surface area contributed by atoms with Crippen molar-refractivity contribution in [3.05, 3.63) is 42.1 Å². The van der Waals surface area contributed by atoms with Crippen LogP contribution in [0.3, 0.4) is 0 Å². The first kappa shape index (κ1) is 13.6. The minimum Gasteiger partial charge on any atom is -0.324 e. The summed E-state index contributed by atoms with van der Waals surface area (Å²) in [5.74, 6) is 0.413. The van der Waals surface area contributed by atoms with Crippen molar-refractivity contribution in [2.24, 2.45) is 12.8 Å². The summed E-state index contributed by atoms with van der Waals surface area (Å²) in [7, 11) is -1.94. The second-order valence-corrected chi connectivity index (χ2v) is 5.99. The first-order chi connectivity index (χ1) is 8.90. The number of rotatable bonds is 4. The van der Waals surface area contributed by atoms with E-state index < -0.39 is 10.0 Å². The number of hydrogen-bond donors (Lipinski definition) is 2. The summed E-state index contributed by atoms with van der Waals surface area (Å²) in [6.07, 6.45) is 1.52. The Balaban J connectivity index is 2.27. The summed E-state index contributed by atoms with van der Waals surface area (Å²) in [6.45, 7) is 1.84. The summed E-state index contributed by atoms with van der Waals surface area (Å²) in [5.41, 5.74) is 6.61. The molecule has 0 aliphatic carbocycles. The van der Waals surface area contributed by atoms with E-state index in [2.05, 4.69) is 9.82 Å².